The maximum atomic E-state index is 12.1. The lowest BCUT2D eigenvalue weighted by molar-refractivity contribution is -0.119. The molecule has 1 fully saturated rings. The molecule has 1 heterocycles. The zero-order valence-corrected chi connectivity index (χ0v) is 11.8. The largest absolute Gasteiger partial charge is 0.495 e. The number of anilines is 1. The smallest absolute Gasteiger partial charge is 0.228 e. The first-order chi connectivity index (χ1) is 8.91. The van der Waals surface area contributed by atoms with Crippen molar-refractivity contribution in [3.8, 4) is 5.75 Å². The van der Waals surface area contributed by atoms with Crippen LogP contribution in [-0.4, -0.2) is 32.9 Å². The molecule has 0 aliphatic carbocycles. The number of nitrogens with one attached hydrogen (secondary N) is 1. The maximum absolute atomic E-state index is 12.1. The molecule has 5 nitrogen and oxygen atoms in total. The van der Waals surface area contributed by atoms with Crippen LogP contribution in [-0.2, 0) is 14.6 Å². The number of hydrogen-bond donors (Lipinski definition) is 1. The van der Waals surface area contributed by atoms with Crippen LogP contribution in [0.5, 0.6) is 5.75 Å². The van der Waals surface area contributed by atoms with Gasteiger partial charge in [0.1, 0.15) is 5.75 Å². The Morgan fingerprint density at radius 2 is 2.16 bits per heavy atom. The summed E-state index contributed by atoms with van der Waals surface area (Å²) in [6.45, 7) is 1.91. The molecule has 19 heavy (non-hydrogen) atoms. The SMILES string of the molecule is COc1ccc(C)cc1NC(=O)C1CCS(=O)(=O)C1. The number of aryl methyl sites for hydroxylation is 1. The molecule has 6 heteroatoms. The molecular formula is C13H17NO4S. The predicted molar refractivity (Wildman–Crippen MR) is 73.1 cm³/mol. The van der Waals surface area contributed by atoms with Gasteiger partial charge in [0.2, 0.25) is 5.91 Å². The van der Waals surface area contributed by atoms with Crippen molar-refractivity contribution >= 4 is 21.4 Å². The topological polar surface area (TPSA) is 72.5 Å². The third-order valence-electron chi connectivity index (χ3n) is 3.22. The Morgan fingerprint density at radius 3 is 2.74 bits per heavy atom. The molecule has 1 amide bonds. The quantitative estimate of drug-likeness (QED) is 0.909. The van der Waals surface area contributed by atoms with Gasteiger partial charge < -0.3 is 10.1 Å². The van der Waals surface area contributed by atoms with Crippen molar-refractivity contribution in [3.63, 3.8) is 0 Å². The standard InChI is InChI=1S/C13H17NO4S/c1-9-3-4-12(18-2)11(7-9)14-13(15)10-5-6-19(16,17)8-10/h3-4,7,10H,5-6,8H2,1-2H3,(H,14,15). The summed E-state index contributed by atoms with van der Waals surface area (Å²) in [6, 6.07) is 5.46. The van der Waals surface area contributed by atoms with E-state index in [0.29, 0.717) is 17.9 Å². The second kappa shape index (κ2) is 5.21. The van der Waals surface area contributed by atoms with Gasteiger partial charge in [-0.1, -0.05) is 6.07 Å². The number of ether oxygens (including phenoxy) is 1. The minimum absolute atomic E-state index is 0.0625. The average molecular weight is 283 g/mol. The Bertz CT molecular complexity index is 595. The lowest BCUT2D eigenvalue weighted by Crippen LogP contribution is -2.24. The van der Waals surface area contributed by atoms with Crippen LogP contribution in [0.2, 0.25) is 0 Å². The van der Waals surface area contributed by atoms with Crippen LogP contribution in [0.3, 0.4) is 0 Å². The van der Waals surface area contributed by atoms with Crippen LogP contribution in [0.25, 0.3) is 0 Å². The summed E-state index contributed by atoms with van der Waals surface area (Å²) in [4.78, 5) is 12.1. The van der Waals surface area contributed by atoms with Crippen molar-refractivity contribution in [2.75, 3.05) is 23.9 Å². The molecule has 2 rings (SSSR count). The third kappa shape index (κ3) is 3.26. The van der Waals surface area contributed by atoms with Crippen molar-refractivity contribution < 1.29 is 17.9 Å². The lowest BCUT2D eigenvalue weighted by Gasteiger charge is -2.13. The number of amides is 1. The third-order valence-corrected chi connectivity index (χ3v) is 4.98. The molecule has 0 spiro atoms. The molecule has 0 saturated carbocycles. The molecule has 1 aromatic carbocycles. The van der Waals surface area contributed by atoms with Crippen LogP contribution in [0.1, 0.15) is 12.0 Å². The fourth-order valence-corrected chi connectivity index (χ4v) is 3.90. The highest BCUT2D eigenvalue weighted by Crippen LogP contribution is 2.27. The molecule has 0 radical (unpaired) electrons. The Hall–Kier alpha value is -1.56. The molecule has 0 aromatic heterocycles. The Labute approximate surface area is 112 Å². The molecule has 1 aliphatic heterocycles. The molecule has 1 aromatic rings. The number of benzene rings is 1. The van der Waals surface area contributed by atoms with Gasteiger partial charge in [0, 0.05) is 0 Å². The summed E-state index contributed by atoms with van der Waals surface area (Å²) < 4.78 is 27.9. The molecule has 0 bridgehead atoms. The highest BCUT2D eigenvalue weighted by Gasteiger charge is 2.33. The van der Waals surface area contributed by atoms with Gasteiger partial charge in [-0.25, -0.2) is 8.42 Å². The first-order valence-electron chi connectivity index (χ1n) is 6.07. The fourth-order valence-electron chi connectivity index (χ4n) is 2.16. The van der Waals surface area contributed by atoms with E-state index in [1.807, 2.05) is 13.0 Å². The van der Waals surface area contributed by atoms with E-state index < -0.39 is 15.8 Å². The molecule has 104 valence electrons. The minimum Gasteiger partial charge on any atom is -0.495 e. The monoisotopic (exact) mass is 283 g/mol. The summed E-state index contributed by atoms with van der Waals surface area (Å²) in [5.74, 6) is -0.122. The first kappa shape index (κ1) is 13.9. The van der Waals surface area contributed by atoms with E-state index in [9.17, 15) is 13.2 Å². The Balaban J connectivity index is 2.13. The number of rotatable bonds is 3. The summed E-state index contributed by atoms with van der Waals surface area (Å²) in [5, 5.41) is 2.75. The van der Waals surface area contributed by atoms with Crippen molar-refractivity contribution in [2.45, 2.75) is 13.3 Å². The molecule has 1 N–H and O–H groups in total. The van der Waals surface area contributed by atoms with Crippen LogP contribution in [0.4, 0.5) is 5.69 Å². The van der Waals surface area contributed by atoms with E-state index in [0.717, 1.165) is 5.56 Å². The molecule has 1 atom stereocenters. The number of sulfone groups is 1. The molecule has 1 aliphatic rings. The number of carbonyl (C=O) groups excluding carboxylic acids is 1. The van der Waals surface area contributed by atoms with Crippen molar-refractivity contribution in [1.29, 1.82) is 0 Å². The Morgan fingerprint density at radius 1 is 1.42 bits per heavy atom. The highest BCUT2D eigenvalue weighted by atomic mass is 32.2. The minimum atomic E-state index is -3.05. The molecule has 1 saturated heterocycles. The first-order valence-corrected chi connectivity index (χ1v) is 7.89. The van der Waals surface area contributed by atoms with Gasteiger partial charge in [-0.3, -0.25) is 4.79 Å². The number of hydrogen-bond acceptors (Lipinski definition) is 4. The van der Waals surface area contributed by atoms with Gasteiger partial charge in [0.25, 0.3) is 0 Å². The predicted octanol–water partition coefficient (Wildman–Crippen LogP) is 1.38. The number of methoxy groups -OCH3 is 1. The summed E-state index contributed by atoms with van der Waals surface area (Å²) in [7, 11) is -1.52. The van der Waals surface area contributed by atoms with Crippen LogP contribution >= 0.6 is 0 Å². The highest BCUT2D eigenvalue weighted by molar-refractivity contribution is 7.91. The zero-order valence-electron chi connectivity index (χ0n) is 11.0. The molecule has 1 unspecified atom stereocenters. The van der Waals surface area contributed by atoms with Gasteiger partial charge in [-0.2, -0.15) is 0 Å². The van der Waals surface area contributed by atoms with E-state index in [1.165, 1.54) is 7.11 Å². The van der Waals surface area contributed by atoms with Crippen LogP contribution in [0, 0.1) is 12.8 Å². The Kier molecular flexibility index (Phi) is 3.80. The normalized spacial score (nSPS) is 21.1. The van der Waals surface area contributed by atoms with E-state index >= 15 is 0 Å². The maximum Gasteiger partial charge on any atom is 0.228 e. The fraction of sp³-hybridized carbons (Fsp3) is 0.462. The van der Waals surface area contributed by atoms with Gasteiger partial charge in [-0.15, -0.1) is 0 Å². The van der Waals surface area contributed by atoms with Gasteiger partial charge in [0.15, 0.2) is 9.84 Å². The van der Waals surface area contributed by atoms with Gasteiger partial charge in [0.05, 0.1) is 30.2 Å². The van der Waals surface area contributed by atoms with Crippen molar-refractivity contribution in [1.82, 2.24) is 0 Å². The van der Waals surface area contributed by atoms with Crippen molar-refractivity contribution in [2.24, 2.45) is 5.92 Å². The average Bonchev–Trinajstić information content (AvgIpc) is 2.70. The summed E-state index contributed by atoms with van der Waals surface area (Å²) in [5.41, 5.74) is 1.58. The second-order valence-electron chi connectivity index (χ2n) is 4.79. The van der Waals surface area contributed by atoms with E-state index in [1.54, 1.807) is 12.1 Å². The lowest BCUT2D eigenvalue weighted by atomic mass is 10.1. The van der Waals surface area contributed by atoms with Gasteiger partial charge >= 0.3 is 0 Å². The van der Waals surface area contributed by atoms with Crippen LogP contribution < -0.4 is 10.1 Å². The van der Waals surface area contributed by atoms with E-state index in [-0.39, 0.29) is 17.4 Å². The summed E-state index contributed by atoms with van der Waals surface area (Å²) in [6.07, 6.45) is 0.391. The summed E-state index contributed by atoms with van der Waals surface area (Å²) >= 11 is 0. The zero-order chi connectivity index (χ0) is 14.0. The van der Waals surface area contributed by atoms with Crippen LogP contribution in [0.15, 0.2) is 18.2 Å². The van der Waals surface area contributed by atoms with E-state index in [4.69, 9.17) is 4.74 Å². The van der Waals surface area contributed by atoms with Crippen molar-refractivity contribution in [3.05, 3.63) is 23.8 Å². The second-order valence-corrected chi connectivity index (χ2v) is 7.02. The van der Waals surface area contributed by atoms with E-state index in [2.05, 4.69) is 5.32 Å². The number of carbonyl (C=O) groups is 1. The molecular weight excluding hydrogens is 266 g/mol. The van der Waals surface area contributed by atoms with Gasteiger partial charge in [-0.05, 0) is 31.0 Å².